The third kappa shape index (κ3) is 5.92. The van der Waals surface area contributed by atoms with Crippen molar-refractivity contribution in [2.24, 2.45) is 0 Å². The summed E-state index contributed by atoms with van der Waals surface area (Å²) in [5.74, 6) is 0.234. The number of hydrogen-bond acceptors (Lipinski definition) is 4. The number of nitrogens with one attached hydrogen (secondary N) is 2. The van der Waals surface area contributed by atoms with Gasteiger partial charge in [0.05, 0.1) is 11.6 Å². The number of methoxy groups -OCH3 is 1. The van der Waals surface area contributed by atoms with Crippen molar-refractivity contribution in [2.45, 2.75) is 24.8 Å². The van der Waals surface area contributed by atoms with E-state index in [9.17, 15) is 8.42 Å². The highest BCUT2D eigenvalue weighted by molar-refractivity contribution is 9.10. The molecule has 0 saturated carbocycles. The van der Waals surface area contributed by atoms with Gasteiger partial charge in [0.1, 0.15) is 4.90 Å². The van der Waals surface area contributed by atoms with Crippen molar-refractivity contribution < 1.29 is 13.2 Å². The zero-order chi connectivity index (χ0) is 15.3. The van der Waals surface area contributed by atoms with Gasteiger partial charge < -0.3 is 10.1 Å². The monoisotopic (exact) mass is 420 g/mol. The van der Waals surface area contributed by atoms with E-state index in [1.165, 1.54) is 13.2 Å². The van der Waals surface area contributed by atoms with Crippen molar-refractivity contribution in [3.63, 3.8) is 0 Å². The van der Waals surface area contributed by atoms with E-state index in [0.717, 1.165) is 6.54 Å². The Hall–Kier alpha value is -0.0500. The smallest absolute Gasteiger partial charge is 0.244 e. The van der Waals surface area contributed by atoms with Crippen LogP contribution < -0.4 is 14.8 Å². The minimum absolute atomic E-state index is 0. The van der Waals surface area contributed by atoms with E-state index in [1.807, 2.05) is 13.8 Å². The molecule has 0 unspecified atom stereocenters. The molecule has 0 amide bonds. The minimum atomic E-state index is -3.69. The van der Waals surface area contributed by atoms with E-state index < -0.39 is 10.0 Å². The van der Waals surface area contributed by atoms with E-state index in [-0.39, 0.29) is 35.6 Å². The van der Waals surface area contributed by atoms with E-state index >= 15 is 0 Å². The summed E-state index contributed by atoms with van der Waals surface area (Å²) in [5.41, 5.74) is 0. The molecule has 122 valence electrons. The van der Waals surface area contributed by atoms with Crippen molar-refractivity contribution in [1.29, 1.82) is 0 Å². The lowest BCUT2D eigenvalue weighted by molar-refractivity contribution is 0.399. The number of benzene rings is 1. The molecule has 0 bridgehead atoms. The van der Waals surface area contributed by atoms with Crippen molar-refractivity contribution in [3.8, 4) is 5.75 Å². The molecule has 0 aliphatic rings. The van der Waals surface area contributed by atoms with Crippen LogP contribution in [0, 0.1) is 0 Å². The van der Waals surface area contributed by atoms with Crippen LogP contribution in [0.1, 0.15) is 13.8 Å². The van der Waals surface area contributed by atoms with E-state index in [1.54, 1.807) is 6.07 Å². The van der Waals surface area contributed by atoms with Crippen molar-refractivity contribution in [2.75, 3.05) is 20.2 Å². The SMILES string of the molecule is CCN[C@H](C)CNS(=O)(=O)c1cc(Cl)cc(Br)c1OC.Cl. The van der Waals surface area contributed by atoms with Crippen LogP contribution in [0.5, 0.6) is 5.75 Å². The lowest BCUT2D eigenvalue weighted by atomic mass is 10.3. The van der Waals surface area contributed by atoms with Gasteiger partial charge in [-0.05, 0) is 41.5 Å². The molecule has 21 heavy (non-hydrogen) atoms. The predicted molar refractivity (Wildman–Crippen MR) is 91.3 cm³/mol. The van der Waals surface area contributed by atoms with Crippen molar-refractivity contribution in [1.82, 2.24) is 10.0 Å². The van der Waals surface area contributed by atoms with Crippen LogP contribution in [0.2, 0.25) is 5.02 Å². The average molecular weight is 422 g/mol. The molecule has 9 heteroatoms. The highest BCUT2D eigenvalue weighted by atomic mass is 79.9. The first-order valence-corrected chi connectivity index (χ1v) is 8.73. The topological polar surface area (TPSA) is 67.4 Å². The van der Waals surface area contributed by atoms with Crippen LogP contribution in [0.3, 0.4) is 0 Å². The summed E-state index contributed by atoms with van der Waals surface area (Å²) >= 11 is 9.15. The van der Waals surface area contributed by atoms with Crippen molar-refractivity contribution >= 4 is 50.0 Å². The predicted octanol–water partition coefficient (Wildman–Crippen LogP) is 2.81. The Morgan fingerprint density at radius 3 is 2.57 bits per heavy atom. The molecule has 0 aliphatic carbocycles. The van der Waals surface area contributed by atoms with Crippen LogP contribution in [0.15, 0.2) is 21.5 Å². The van der Waals surface area contributed by atoms with E-state index in [4.69, 9.17) is 16.3 Å². The zero-order valence-corrected chi connectivity index (χ0v) is 15.9. The summed E-state index contributed by atoms with van der Waals surface area (Å²) in [6.07, 6.45) is 0. The molecule has 2 N–H and O–H groups in total. The van der Waals surface area contributed by atoms with Gasteiger partial charge in [-0.1, -0.05) is 18.5 Å². The molecule has 1 atom stereocenters. The van der Waals surface area contributed by atoms with Crippen LogP contribution in [-0.4, -0.2) is 34.7 Å². The molecule has 1 aromatic carbocycles. The molecule has 5 nitrogen and oxygen atoms in total. The second-order valence-electron chi connectivity index (χ2n) is 4.23. The second-order valence-corrected chi connectivity index (χ2v) is 7.26. The number of halogens is 3. The minimum Gasteiger partial charge on any atom is -0.494 e. The van der Waals surface area contributed by atoms with Gasteiger partial charge in [0, 0.05) is 17.6 Å². The van der Waals surface area contributed by atoms with Gasteiger partial charge in [0.15, 0.2) is 5.75 Å². The van der Waals surface area contributed by atoms with Gasteiger partial charge in [-0.3, -0.25) is 0 Å². The summed E-state index contributed by atoms with van der Waals surface area (Å²) in [7, 11) is -2.28. The van der Waals surface area contributed by atoms with Gasteiger partial charge in [-0.25, -0.2) is 13.1 Å². The van der Waals surface area contributed by atoms with Crippen LogP contribution in [0.25, 0.3) is 0 Å². The fraction of sp³-hybridized carbons (Fsp3) is 0.500. The Kier molecular flexibility index (Phi) is 9.15. The molecule has 1 aromatic rings. The van der Waals surface area contributed by atoms with E-state index in [2.05, 4.69) is 26.0 Å². The summed E-state index contributed by atoms with van der Waals surface area (Å²) in [6, 6.07) is 2.98. The molecule has 0 saturated heterocycles. The van der Waals surface area contributed by atoms with Gasteiger partial charge in [-0.15, -0.1) is 12.4 Å². The second kappa shape index (κ2) is 9.17. The number of hydrogen-bond donors (Lipinski definition) is 2. The highest BCUT2D eigenvalue weighted by Crippen LogP contribution is 2.35. The third-order valence-electron chi connectivity index (χ3n) is 2.60. The lowest BCUT2D eigenvalue weighted by Gasteiger charge is -2.16. The number of rotatable bonds is 7. The van der Waals surface area contributed by atoms with Gasteiger partial charge >= 0.3 is 0 Å². The quantitative estimate of drug-likeness (QED) is 0.710. The number of likely N-dealkylation sites (N-methyl/N-ethyl adjacent to an activating group) is 1. The lowest BCUT2D eigenvalue weighted by Crippen LogP contribution is -2.38. The largest absolute Gasteiger partial charge is 0.494 e. The summed E-state index contributed by atoms with van der Waals surface area (Å²) in [4.78, 5) is 0.0167. The fourth-order valence-corrected chi connectivity index (χ4v) is 4.18. The average Bonchev–Trinajstić information content (AvgIpc) is 2.36. The normalized spacial score (nSPS) is 12.6. The van der Waals surface area contributed by atoms with Crippen LogP contribution in [0.4, 0.5) is 0 Å². The standard InChI is InChI=1S/C12H18BrClN2O3S.ClH/c1-4-15-8(2)7-16-20(17,18)11-6-9(14)5-10(13)12(11)19-3;/h5-6,8,15-16H,4,7H2,1-3H3;1H/t8-;/m1./s1. The molecule has 0 spiro atoms. The maximum Gasteiger partial charge on any atom is 0.244 e. The summed E-state index contributed by atoms with van der Waals surface area (Å²) in [6.45, 7) is 4.91. The Morgan fingerprint density at radius 1 is 1.43 bits per heavy atom. The zero-order valence-electron chi connectivity index (χ0n) is 11.9. The Balaban J connectivity index is 0.00000400. The first-order chi connectivity index (χ1) is 9.31. The molecule has 0 aliphatic heterocycles. The van der Waals surface area contributed by atoms with Gasteiger partial charge in [-0.2, -0.15) is 0 Å². The fourth-order valence-electron chi connectivity index (χ4n) is 1.67. The molecule has 0 aromatic heterocycles. The molecule has 0 fully saturated rings. The number of sulfonamides is 1. The van der Waals surface area contributed by atoms with Gasteiger partial charge in [0.25, 0.3) is 0 Å². The highest BCUT2D eigenvalue weighted by Gasteiger charge is 2.22. The maximum absolute atomic E-state index is 12.3. The summed E-state index contributed by atoms with van der Waals surface area (Å²) in [5, 5.41) is 3.44. The molecule has 0 radical (unpaired) electrons. The molecular formula is C12H19BrCl2N2O3S. The van der Waals surface area contributed by atoms with Gasteiger partial charge in [0.2, 0.25) is 10.0 Å². The molecular weight excluding hydrogens is 403 g/mol. The van der Waals surface area contributed by atoms with Crippen molar-refractivity contribution in [3.05, 3.63) is 21.6 Å². The number of ether oxygens (including phenoxy) is 1. The third-order valence-corrected chi connectivity index (χ3v) is 4.84. The first kappa shape index (κ1) is 20.9. The Bertz CT molecular complexity index is 570. The van der Waals surface area contributed by atoms with Crippen LogP contribution >= 0.6 is 39.9 Å². The maximum atomic E-state index is 12.3. The van der Waals surface area contributed by atoms with Crippen LogP contribution in [-0.2, 0) is 10.0 Å². The van der Waals surface area contributed by atoms with E-state index in [0.29, 0.717) is 9.50 Å². The Morgan fingerprint density at radius 2 is 2.05 bits per heavy atom. The summed E-state index contributed by atoms with van der Waals surface area (Å²) < 4.78 is 32.8. The first-order valence-electron chi connectivity index (χ1n) is 6.08. The molecule has 1 rings (SSSR count). The molecule has 0 heterocycles. The Labute approximate surface area is 145 Å².